The number of ether oxygens (including phenoxy) is 1. The Bertz CT molecular complexity index is 1650. The van der Waals surface area contributed by atoms with Crippen molar-refractivity contribution in [3.8, 4) is 0 Å². The van der Waals surface area contributed by atoms with Crippen molar-refractivity contribution in [3.05, 3.63) is 96.4 Å². The van der Waals surface area contributed by atoms with E-state index < -0.39 is 28.9 Å². The fraction of sp³-hybridized carbons (Fsp3) is 0.389. The van der Waals surface area contributed by atoms with Crippen molar-refractivity contribution in [2.45, 2.75) is 64.8 Å². The van der Waals surface area contributed by atoms with E-state index in [0.29, 0.717) is 20.3 Å². The molecular formula is C36H50F2N6O4. The second kappa shape index (κ2) is 17.5. The Kier molecular flexibility index (Phi) is 13.7. The van der Waals surface area contributed by atoms with Crippen LogP contribution >= 0.6 is 0 Å². The van der Waals surface area contributed by atoms with E-state index in [1.165, 1.54) is 0 Å². The first kappa shape index (κ1) is 37.8. The lowest BCUT2D eigenvalue weighted by Crippen LogP contribution is -2.56. The number of anilines is 1. The normalized spacial score (nSPS) is 14.5. The molecule has 1 fully saturated rings. The number of amides is 3. The number of nitrogens with one attached hydrogen (secondary N) is 2. The summed E-state index contributed by atoms with van der Waals surface area (Å²) < 4.78 is 30.0. The largest absolute Gasteiger partial charge is 0.374 e. The Morgan fingerprint density at radius 3 is 2.29 bits per heavy atom. The summed E-state index contributed by atoms with van der Waals surface area (Å²) in [5.74, 6) is -0.804. The van der Waals surface area contributed by atoms with Gasteiger partial charge in [-0.3, -0.25) is 23.5 Å². The molecule has 48 heavy (non-hydrogen) atoms. The van der Waals surface area contributed by atoms with Gasteiger partial charge in [-0.05, 0) is 61.6 Å². The first-order valence-corrected chi connectivity index (χ1v) is 15.3. The molecule has 1 saturated heterocycles. The van der Waals surface area contributed by atoms with Crippen LogP contribution in [0.3, 0.4) is 0 Å². The van der Waals surface area contributed by atoms with Crippen LogP contribution in [-0.2, 0) is 31.3 Å². The monoisotopic (exact) mass is 672 g/mol. The second-order valence-electron chi connectivity index (χ2n) is 12.0. The van der Waals surface area contributed by atoms with Gasteiger partial charge in [0, 0.05) is 20.7 Å². The first-order chi connectivity index (χ1) is 23.1. The molecule has 3 amide bonds. The van der Waals surface area contributed by atoms with E-state index in [2.05, 4.69) is 17.1 Å². The highest BCUT2D eigenvalue weighted by molar-refractivity contribution is 5.98. The maximum atomic E-state index is 14.1. The Morgan fingerprint density at radius 1 is 1.02 bits per heavy atom. The average molecular weight is 673 g/mol. The van der Waals surface area contributed by atoms with Gasteiger partial charge < -0.3 is 30.6 Å². The molecule has 0 aliphatic carbocycles. The maximum Gasteiger partial charge on any atom is 0.269 e. The summed E-state index contributed by atoms with van der Waals surface area (Å²) in [7, 11) is 0.500. The molecule has 0 spiro atoms. The Hall–Kier alpha value is -4.68. The van der Waals surface area contributed by atoms with Gasteiger partial charge in [0.2, 0.25) is 5.91 Å². The van der Waals surface area contributed by atoms with E-state index in [0.717, 1.165) is 34.7 Å². The summed E-state index contributed by atoms with van der Waals surface area (Å²) in [6.07, 6.45) is 5.13. The first-order valence-electron chi connectivity index (χ1n) is 15.7. The number of fused-ring (bicyclic) bond motifs is 1. The smallest absolute Gasteiger partial charge is 0.269 e. The molecule has 4 aromatic rings. The Morgan fingerprint density at radius 2 is 1.65 bits per heavy atom. The minimum absolute atomic E-state index is 0. The van der Waals surface area contributed by atoms with Crippen LogP contribution in [-0.4, -0.2) is 72.1 Å². The zero-order valence-corrected chi connectivity index (χ0v) is 27.2. The minimum Gasteiger partial charge on any atom is -0.374 e. The third kappa shape index (κ3) is 9.23. The number of rotatable bonds is 11. The zero-order valence-electron chi connectivity index (χ0n) is 28.2. The lowest BCUT2D eigenvalue weighted by molar-refractivity contribution is -0.137. The number of benzene rings is 3. The van der Waals surface area contributed by atoms with Crippen molar-refractivity contribution >= 4 is 34.3 Å². The van der Waals surface area contributed by atoms with Gasteiger partial charge in [-0.25, -0.2) is 4.98 Å². The summed E-state index contributed by atoms with van der Waals surface area (Å²) in [6, 6.07) is 22.5. The number of hydrogen-bond donors (Lipinski definition) is 3. The SMILES string of the molecule is C.CC(C)(N)C(=O)N[C@H](COCc1ccccc1)C(=O)Nc1cn(C(C)(C(=O)N2CCCC2)c2ccc3ccccc3c2)cn1.CF.[3HH].[3H]F. The lowest BCUT2D eigenvalue weighted by atomic mass is 9.88. The van der Waals surface area contributed by atoms with Crippen LogP contribution in [0.1, 0.15) is 53.6 Å². The molecule has 12 heteroatoms. The molecule has 1 unspecified atom stereocenters. The van der Waals surface area contributed by atoms with Gasteiger partial charge in [-0.2, -0.15) is 0 Å². The van der Waals surface area contributed by atoms with Crippen LogP contribution < -0.4 is 16.4 Å². The van der Waals surface area contributed by atoms with E-state index in [9.17, 15) is 18.8 Å². The summed E-state index contributed by atoms with van der Waals surface area (Å²) >= 11 is 0. The summed E-state index contributed by atoms with van der Waals surface area (Å²) in [5, 5.41) is 7.60. The Balaban J connectivity index is 0.00000201. The highest BCUT2D eigenvalue weighted by atomic mass is 19.1. The number of carbonyl (C=O) groups excluding carboxylic acids is 3. The van der Waals surface area contributed by atoms with E-state index >= 15 is 0 Å². The molecular weight excluding hydrogens is 618 g/mol. The van der Waals surface area contributed by atoms with E-state index in [1.807, 2.05) is 84.6 Å². The van der Waals surface area contributed by atoms with Gasteiger partial charge >= 0.3 is 0 Å². The van der Waals surface area contributed by atoms with Crippen molar-refractivity contribution in [1.29, 1.82) is 1.45 Å². The van der Waals surface area contributed by atoms with E-state index in [1.54, 1.807) is 30.9 Å². The van der Waals surface area contributed by atoms with Gasteiger partial charge in [0.15, 0.2) is 5.82 Å². The lowest BCUT2D eigenvalue weighted by Gasteiger charge is -2.34. The van der Waals surface area contributed by atoms with Gasteiger partial charge in [-0.1, -0.05) is 74.2 Å². The maximum absolute atomic E-state index is 14.1. The molecule has 0 bridgehead atoms. The number of carbonyl (C=O) groups is 3. The Labute approximate surface area is 284 Å². The molecule has 1 aliphatic rings. The highest BCUT2D eigenvalue weighted by Crippen LogP contribution is 2.33. The second-order valence-corrected chi connectivity index (χ2v) is 12.0. The highest BCUT2D eigenvalue weighted by Gasteiger charge is 2.41. The van der Waals surface area contributed by atoms with Crippen molar-refractivity contribution in [2.75, 3.05) is 32.2 Å². The summed E-state index contributed by atoms with van der Waals surface area (Å²) in [6.45, 7) is 6.60. The average Bonchev–Trinajstić information content (AvgIpc) is 3.82. The van der Waals surface area contributed by atoms with Crippen molar-refractivity contribution in [2.24, 2.45) is 5.73 Å². The van der Waals surface area contributed by atoms with E-state index in [-0.39, 0.29) is 33.8 Å². The molecule has 1 aromatic heterocycles. The fourth-order valence-electron chi connectivity index (χ4n) is 5.34. The van der Waals surface area contributed by atoms with Crippen LogP contribution in [0.2, 0.25) is 0 Å². The van der Waals surface area contributed by atoms with Gasteiger partial charge in [0.25, 0.3) is 13.3 Å². The predicted molar refractivity (Wildman–Crippen MR) is 188 cm³/mol. The summed E-state index contributed by atoms with van der Waals surface area (Å²) in [5.41, 5.74) is 5.43. The van der Waals surface area contributed by atoms with Crippen molar-refractivity contribution < 1.29 is 29.7 Å². The van der Waals surface area contributed by atoms with Crippen molar-refractivity contribution in [3.63, 3.8) is 0 Å². The standard InChI is InChI=1S/C34H40N6O4.CH3F.CH4.FH.H2/c1-33(2,35)31(42)37-28(22-44-21-24-11-5-4-6-12-24)30(41)38-29-20-40(23-36-29)34(3,32(43)39-17-9-10-18-39)27-16-15-25-13-7-8-14-26(25)19-27;1-2;;;/h4-8,11-16,19-20,23,28H,9-10,17-18,21-22,35H2,1-3H3,(H,37,42)(H,38,41);1H3;1H4;2*1H/t28-,34?;;;;/m1..../s1/i;;;;1+2/hT. The molecule has 10 nitrogen and oxygen atoms in total. The number of alkyl halides is 1. The molecule has 5 rings (SSSR count). The third-order valence-electron chi connectivity index (χ3n) is 8.07. The number of aromatic nitrogens is 2. The van der Waals surface area contributed by atoms with Gasteiger partial charge in [0.05, 0.1) is 32.3 Å². The summed E-state index contributed by atoms with van der Waals surface area (Å²) in [4.78, 5) is 46.6. The van der Waals surface area contributed by atoms with E-state index in [4.69, 9.17) is 15.2 Å². The van der Waals surface area contributed by atoms with Crippen LogP contribution in [0.5, 0.6) is 0 Å². The van der Waals surface area contributed by atoms with Crippen LogP contribution in [0.4, 0.5) is 14.9 Å². The molecule has 1 aliphatic heterocycles. The number of nitrogens with zero attached hydrogens (tertiary/aromatic N) is 3. The molecule has 0 saturated carbocycles. The topological polar surface area (TPSA) is 132 Å². The number of likely N-dealkylation sites (tertiary alicyclic amines) is 1. The fourth-order valence-corrected chi connectivity index (χ4v) is 5.34. The molecule has 0 radical (unpaired) electrons. The molecule has 3 aromatic carbocycles. The van der Waals surface area contributed by atoms with Crippen LogP contribution in [0.25, 0.3) is 10.8 Å². The molecule has 2 atom stereocenters. The number of hydrogen-bond acceptors (Lipinski definition) is 6. The minimum atomic E-state index is -1.20. The van der Waals surface area contributed by atoms with Crippen molar-refractivity contribution in [1.82, 2.24) is 19.8 Å². The molecule has 2 heterocycles. The number of imidazole rings is 1. The third-order valence-corrected chi connectivity index (χ3v) is 8.07. The van der Waals surface area contributed by atoms with Gasteiger partial charge in [0.1, 0.15) is 11.6 Å². The predicted octanol–water partition coefficient (Wildman–Crippen LogP) is 5.42. The van der Waals surface area contributed by atoms with Crippen LogP contribution in [0.15, 0.2) is 85.3 Å². The number of halogens is 2. The molecule has 262 valence electrons. The van der Waals surface area contributed by atoms with Crippen LogP contribution in [0, 0.1) is 0 Å². The quantitative estimate of drug-likeness (QED) is 0.195. The number of nitrogens with two attached hydrogens (primary N) is 1. The molecule has 4 N–H and O–H groups in total. The zero-order chi connectivity index (χ0) is 35.3. The van der Waals surface area contributed by atoms with Gasteiger partial charge in [-0.15, -0.1) is 0 Å².